The predicted molar refractivity (Wildman–Crippen MR) is 142 cm³/mol. The second-order valence-electron chi connectivity index (χ2n) is 9.05. The van der Waals surface area contributed by atoms with Gasteiger partial charge in [-0.25, -0.2) is 0 Å². The van der Waals surface area contributed by atoms with Crippen molar-refractivity contribution < 1.29 is 14.6 Å². The third kappa shape index (κ3) is 4.62. The number of carbonyl (C=O) groups excluding carboxylic acids is 1. The summed E-state index contributed by atoms with van der Waals surface area (Å²) in [4.78, 5) is 15.2. The summed E-state index contributed by atoms with van der Waals surface area (Å²) in [6.07, 6.45) is 1.86. The molecule has 0 aromatic heterocycles. The van der Waals surface area contributed by atoms with E-state index >= 15 is 0 Å². The van der Waals surface area contributed by atoms with Crippen LogP contribution in [0.2, 0.25) is 0 Å². The molecule has 2 aliphatic rings. The zero-order valence-electron chi connectivity index (χ0n) is 20.2. The number of nitrogens with zero attached hydrogens (tertiary/aromatic N) is 1. The smallest absolute Gasteiger partial charge is 0.258 e. The van der Waals surface area contributed by atoms with E-state index < -0.39 is 0 Å². The van der Waals surface area contributed by atoms with E-state index in [0.717, 1.165) is 78.5 Å². The summed E-state index contributed by atoms with van der Waals surface area (Å²) in [5.74, 6) is 0.132. The van der Waals surface area contributed by atoms with Gasteiger partial charge < -0.3 is 25.4 Å². The maximum atomic E-state index is 12.9. The number of anilines is 3. The Morgan fingerprint density at radius 1 is 1.09 bits per heavy atom. The summed E-state index contributed by atoms with van der Waals surface area (Å²) in [6, 6.07) is 19.8. The number of aryl methyl sites for hydroxylation is 1. The molecule has 0 spiro atoms. The van der Waals surface area contributed by atoms with Crippen molar-refractivity contribution >= 4 is 28.5 Å². The summed E-state index contributed by atoms with van der Waals surface area (Å²) >= 11 is 0. The second kappa shape index (κ2) is 9.84. The van der Waals surface area contributed by atoms with Crippen molar-refractivity contribution in [3.05, 3.63) is 77.5 Å². The van der Waals surface area contributed by atoms with Crippen molar-refractivity contribution in [2.75, 3.05) is 41.8 Å². The van der Waals surface area contributed by atoms with Crippen LogP contribution in [0.1, 0.15) is 31.4 Å². The molecule has 3 N–H and O–H groups in total. The lowest BCUT2D eigenvalue weighted by Gasteiger charge is -2.29. The molecule has 0 atom stereocenters. The van der Waals surface area contributed by atoms with Gasteiger partial charge in [-0.1, -0.05) is 31.5 Å². The van der Waals surface area contributed by atoms with Crippen LogP contribution in [-0.2, 0) is 16.0 Å². The molecule has 6 heteroatoms. The van der Waals surface area contributed by atoms with Crippen LogP contribution in [0.4, 0.5) is 17.1 Å². The van der Waals surface area contributed by atoms with Crippen molar-refractivity contribution in [1.29, 1.82) is 0 Å². The minimum absolute atomic E-state index is 0.127. The number of morpholine rings is 1. The zero-order chi connectivity index (χ0) is 24.4. The average molecular weight is 470 g/mol. The standard InChI is InChI=1S/C29H31N3O3/c1-3-5-20-6-4-7-26(33)28(20)21-8-13-25-24(18-21)27(29(34)31-25)19(2)30-22-9-11-23(12-10-22)32-14-16-35-17-15-32/h4,6-13,18,30,33H,3,5,14-17H2,1-2H3,(H,31,34)/b27-19-. The van der Waals surface area contributed by atoms with Gasteiger partial charge in [0, 0.05) is 47.0 Å². The number of allylic oxidation sites excluding steroid dienone is 1. The molecule has 1 amide bonds. The minimum atomic E-state index is -0.127. The molecule has 0 unspecified atom stereocenters. The molecule has 2 heterocycles. The number of phenols is 1. The third-order valence-electron chi connectivity index (χ3n) is 6.65. The van der Waals surface area contributed by atoms with Gasteiger partial charge in [-0.2, -0.15) is 0 Å². The molecular weight excluding hydrogens is 438 g/mol. The van der Waals surface area contributed by atoms with E-state index in [1.807, 2.05) is 43.3 Å². The maximum Gasteiger partial charge on any atom is 0.258 e. The van der Waals surface area contributed by atoms with Crippen LogP contribution in [0.15, 0.2) is 66.4 Å². The topological polar surface area (TPSA) is 73.8 Å². The molecule has 0 aliphatic carbocycles. The summed E-state index contributed by atoms with van der Waals surface area (Å²) < 4.78 is 5.44. The SMILES string of the molecule is CCCc1cccc(O)c1-c1ccc2c(c1)/C(=C(\C)Nc1ccc(N3CCOCC3)cc1)C(=O)N2. The molecule has 2 aliphatic heterocycles. The van der Waals surface area contributed by atoms with Crippen LogP contribution >= 0.6 is 0 Å². The van der Waals surface area contributed by atoms with E-state index in [-0.39, 0.29) is 11.7 Å². The van der Waals surface area contributed by atoms with E-state index in [9.17, 15) is 9.90 Å². The molecular formula is C29H31N3O3. The molecule has 0 bridgehead atoms. The number of carbonyl (C=O) groups is 1. The number of hydrogen-bond donors (Lipinski definition) is 3. The molecule has 35 heavy (non-hydrogen) atoms. The Morgan fingerprint density at radius 2 is 1.86 bits per heavy atom. The number of hydrogen-bond acceptors (Lipinski definition) is 5. The number of phenolic OH excluding ortho intramolecular Hbond substituents is 1. The normalized spacial score (nSPS) is 16.6. The lowest BCUT2D eigenvalue weighted by molar-refractivity contribution is -0.110. The first kappa shape index (κ1) is 23.0. The first-order valence-corrected chi connectivity index (χ1v) is 12.2. The molecule has 3 aromatic carbocycles. The highest BCUT2D eigenvalue weighted by atomic mass is 16.5. The number of amides is 1. The molecule has 6 nitrogen and oxygen atoms in total. The Balaban J connectivity index is 1.45. The predicted octanol–water partition coefficient (Wildman–Crippen LogP) is 5.64. The maximum absolute atomic E-state index is 12.9. The van der Waals surface area contributed by atoms with Gasteiger partial charge in [0.15, 0.2) is 0 Å². The van der Waals surface area contributed by atoms with Gasteiger partial charge in [-0.15, -0.1) is 0 Å². The Labute approximate surface area is 206 Å². The van der Waals surface area contributed by atoms with E-state index in [1.54, 1.807) is 6.07 Å². The molecule has 180 valence electrons. The van der Waals surface area contributed by atoms with Gasteiger partial charge in [0.1, 0.15) is 5.75 Å². The fourth-order valence-electron chi connectivity index (χ4n) is 4.95. The van der Waals surface area contributed by atoms with Gasteiger partial charge in [-0.3, -0.25) is 4.79 Å². The number of benzene rings is 3. The van der Waals surface area contributed by atoms with E-state index in [1.165, 1.54) is 5.69 Å². The first-order chi connectivity index (χ1) is 17.0. The Kier molecular flexibility index (Phi) is 6.47. The second-order valence-corrected chi connectivity index (χ2v) is 9.05. The summed E-state index contributed by atoms with van der Waals surface area (Å²) in [6.45, 7) is 7.35. The molecule has 1 saturated heterocycles. The van der Waals surface area contributed by atoms with Gasteiger partial charge in [0.25, 0.3) is 5.91 Å². The van der Waals surface area contributed by atoms with Gasteiger partial charge in [-0.05, 0) is 66.9 Å². The Hall–Kier alpha value is -3.77. The number of aromatic hydroxyl groups is 1. The van der Waals surface area contributed by atoms with Crippen molar-refractivity contribution in [3.63, 3.8) is 0 Å². The van der Waals surface area contributed by atoms with E-state index in [4.69, 9.17) is 4.74 Å². The van der Waals surface area contributed by atoms with Crippen molar-refractivity contribution in [2.24, 2.45) is 0 Å². The number of rotatable bonds is 6. The van der Waals surface area contributed by atoms with E-state index in [2.05, 4.69) is 40.7 Å². The van der Waals surface area contributed by atoms with Gasteiger partial charge >= 0.3 is 0 Å². The van der Waals surface area contributed by atoms with Gasteiger partial charge in [0.05, 0.1) is 18.8 Å². The molecule has 5 rings (SSSR count). The van der Waals surface area contributed by atoms with Crippen molar-refractivity contribution in [1.82, 2.24) is 0 Å². The fourth-order valence-corrected chi connectivity index (χ4v) is 4.95. The van der Waals surface area contributed by atoms with Crippen LogP contribution in [0.5, 0.6) is 5.75 Å². The lowest BCUT2D eigenvalue weighted by atomic mass is 9.93. The van der Waals surface area contributed by atoms with Crippen LogP contribution in [0.3, 0.4) is 0 Å². The third-order valence-corrected chi connectivity index (χ3v) is 6.65. The Bertz CT molecular complexity index is 1270. The highest BCUT2D eigenvalue weighted by Gasteiger charge is 2.27. The van der Waals surface area contributed by atoms with Crippen LogP contribution in [-0.4, -0.2) is 37.3 Å². The molecule has 3 aromatic rings. The molecule has 1 fully saturated rings. The van der Waals surface area contributed by atoms with Gasteiger partial charge in [0.2, 0.25) is 0 Å². The average Bonchev–Trinajstić information content (AvgIpc) is 3.20. The Morgan fingerprint density at radius 3 is 2.60 bits per heavy atom. The highest BCUT2D eigenvalue weighted by Crippen LogP contribution is 2.40. The number of ether oxygens (including phenoxy) is 1. The fraction of sp³-hybridized carbons (Fsp3) is 0.276. The molecule has 0 saturated carbocycles. The van der Waals surface area contributed by atoms with Crippen LogP contribution < -0.4 is 15.5 Å². The summed E-state index contributed by atoms with van der Waals surface area (Å²) in [7, 11) is 0. The largest absolute Gasteiger partial charge is 0.507 e. The molecule has 0 radical (unpaired) electrons. The quantitative estimate of drug-likeness (QED) is 0.407. The van der Waals surface area contributed by atoms with Crippen molar-refractivity contribution in [3.8, 4) is 16.9 Å². The summed E-state index contributed by atoms with van der Waals surface area (Å²) in [5, 5.41) is 17.0. The van der Waals surface area contributed by atoms with Crippen LogP contribution in [0, 0.1) is 0 Å². The monoisotopic (exact) mass is 469 g/mol. The first-order valence-electron chi connectivity index (χ1n) is 12.2. The summed E-state index contributed by atoms with van der Waals surface area (Å²) in [5.41, 5.74) is 7.96. The van der Waals surface area contributed by atoms with Crippen molar-refractivity contribution in [2.45, 2.75) is 26.7 Å². The zero-order valence-corrected chi connectivity index (χ0v) is 20.2. The van der Waals surface area contributed by atoms with Crippen LogP contribution in [0.25, 0.3) is 16.7 Å². The highest BCUT2D eigenvalue weighted by molar-refractivity contribution is 6.32. The van der Waals surface area contributed by atoms with E-state index in [0.29, 0.717) is 5.57 Å². The number of fused-ring (bicyclic) bond motifs is 1. The lowest BCUT2D eigenvalue weighted by Crippen LogP contribution is -2.36. The minimum Gasteiger partial charge on any atom is -0.507 e. The number of nitrogens with one attached hydrogen (secondary N) is 2.